The van der Waals surface area contributed by atoms with Gasteiger partial charge in [-0.3, -0.25) is 0 Å². The lowest BCUT2D eigenvalue weighted by Gasteiger charge is -2.28. The minimum atomic E-state index is -3.83. The standard InChI is InChI=1S/C21H33ClF2N2O3S/c22-19-15-18(30(25,27)28)16-26-20(19)29-14-8-6-4-2-1-3-5-7-9-17-10-12-21(23,24)13-11-17/h15-17H,1-14H2,(H2,25,27,28). The van der Waals surface area contributed by atoms with Crippen molar-refractivity contribution in [1.29, 1.82) is 0 Å². The summed E-state index contributed by atoms with van der Waals surface area (Å²) in [5.41, 5.74) is 0. The van der Waals surface area contributed by atoms with Crippen LogP contribution in [-0.4, -0.2) is 25.9 Å². The number of nitrogens with zero attached hydrogens (tertiary/aromatic N) is 1. The van der Waals surface area contributed by atoms with Crippen LogP contribution < -0.4 is 9.88 Å². The summed E-state index contributed by atoms with van der Waals surface area (Å²) in [5.74, 6) is -1.70. The van der Waals surface area contributed by atoms with Gasteiger partial charge in [-0.2, -0.15) is 0 Å². The molecular formula is C21H33ClF2N2O3S. The topological polar surface area (TPSA) is 82.3 Å². The Hall–Kier alpha value is -0.990. The van der Waals surface area contributed by atoms with Crippen molar-refractivity contribution in [2.45, 2.75) is 94.3 Å². The number of sulfonamides is 1. The Morgan fingerprint density at radius 3 is 2.20 bits per heavy atom. The number of unbranched alkanes of at least 4 members (excludes halogenated alkanes) is 7. The molecule has 0 saturated heterocycles. The van der Waals surface area contributed by atoms with Crippen molar-refractivity contribution in [3.05, 3.63) is 17.3 Å². The van der Waals surface area contributed by atoms with Crippen LogP contribution in [0.1, 0.15) is 83.5 Å². The van der Waals surface area contributed by atoms with E-state index in [0.29, 0.717) is 25.4 Å². The molecule has 2 rings (SSSR count). The van der Waals surface area contributed by atoms with Crippen LogP contribution in [0.4, 0.5) is 8.78 Å². The first-order valence-electron chi connectivity index (χ1n) is 10.9. The fourth-order valence-electron chi connectivity index (χ4n) is 3.82. The summed E-state index contributed by atoms with van der Waals surface area (Å²) >= 11 is 5.98. The highest BCUT2D eigenvalue weighted by Gasteiger charge is 2.34. The van der Waals surface area contributed by atoms with Gasteiger partial charge >= 0.3 is 0 Å². The lowest BCUT2D eigenvalue weighted by Crippen LogP contribution is -2.24. The van der Waals surface area contributed by atoms with Crippen molar-refractivity contribution >= 4 is 21.6 Å². The van der Waals surface area contributed by atoms with Crippen molar-refractivity contribution in [2.75, 3.05) is 6.61 Å². The summed E-state index contributed by atoms with van der Waals surface area (Å²) in [4.78, 5) is 3.77. The van der Waals surface area contributed by atoms with Gasteiger partial charge in [0.15, 0.2) is 0 Å². The Balaban J connectivity index is 1.43. The third-order valence-corrected chi connectivity index (χ3v) is 6.84. The Labute approximate surface area is 183 Å². The van der Waals surface area contributed by atoms with E-state index in [1.165, 1.54) is 31.7 Å². The van der Waals surface area contributed by atoms with Gasteiger partial charge in [0.2, 0.25) is 21.8 Å². The van der Waals surface area contributed by atoms with E-state index in [1.807, 2.05) is 0 Å². The number of nitrogens with two attached hydrogens (primary N) is 1. The number of aromatic nitrogens is 1. The molecule has 30 heavy (non-hydrogen) atoms. The van der Waals surface area contributed by atoms with E-state index in [2.05, 4.69) is 4.98 Å². The minimum Gasteiger partial charge on any atom is -0.477 e. The number of rotatable bonds is 13. The van der Waals surface area contributed by atoms with Gasteiger partial charge in [-0.1, -0.05) is 63.0 Å². The molecule has 5 nitrogen and oxygen atoms in total. The van der Waals surface area contributed by atoms with Gasteiger partial charge in [-0.15, -0.1) is 0 Å². The highest BCUT2D eigenvalue weighted by molar-refractivity contribution is 7.89. The maximum atomic E-state index is 13.1. The molecule has 1 saturated carbocycles. The summed E-state index contributed by atoms with van der Waals surface area (Å²) in [6.07, 6.45) is 12.7. The summed E-state index contributed by atoms with van der Waals surface area (Å²) < 4.78 is 54.3. The normalized spacial score (nSPS) is 17.2. The highest BCUT2D eigenvalue weighted by atomic mass is 35.5. The molecule has 0 amide bonds. The number of alkyl halides is 2. The lowest BCUT2D eigenvalue weighted by molar-refractivity contribution is -0.0467. The maximum absolute atomic E-state index is 13.1. The Kier molecular flexibility index (Phi) is 10.2. The van der Waals surface area contributed by atoms with Crippen LogP contribution in [0.2, 0.25) is 5.02 Å². The van der Waals surface area contributed by atoms with Crippen LogP contribution in [0.25, 0.3) is 0 Å². The Morgan fingerprint density at radius 2 is 1.63 bits per heavy atom. The first kappa shape index (κ1) is 25.3. The van der Waals surface area contributed by atoms with Crippen molar-refractivity contribution < 1.29 is 21.9 Å². The smallest absolute Gasteiger partial charge is 0.248 e. The van der Waals surface area contributed by atoms with Gasteiger partial charge < -0.3 is 4.74 Å². The second-order valence-electron chi connectivity index (χ2n) is 8.27. The lowest BCUT2D eigenvalue weighted by atomic mass is 9.83. The number of hydrogen-bond donors (Lipinski definition) is 1. The van der Waals surface area contributed by atoms with Gasteiger partial charge in [0.25, 0.3) is 0 Å². The highest BCUT2D eigenvalue weighted by Crippen LogP contribution is 2.38. The number of pyridine rings is 1. The molecule has 172 valence electrons. The van der Waals surface area contributed by atoms with Crippen LogP contribution in [0, 0.1) is 5.92 Å². The SMILES string of the molecule is NS(=O)(=O)c1cnc(OCCCCCCCCCCC2CCC(F)(F)CC2)c(Cl)c1. The summed E-state index contributed by atoms with van der Waals surface area (Å²) in [5, 5.41) is 5.16. The molecule has 0 spiro atoms. The number of ether oxygens (including phenoxy) is 1. The second kappa shape index (κ2) is 12.2. The molecule has 0 radical (unpaired) electrons. The minimum absolute atomic E-state index is 0.0740. The van der Waals surface area contributed by atoms with E-state index >= 15 is 0 Å². The molecule has 1 aliphatic rings. The van der Waals surface area contributed by atoms with Gasteiger partial charge in [0.1, 0.15) is 9.92 Å². The van der Waals surface area contributed by atoms with Crippen molar-refractivity contribution in [3.63, 3.8) is 0 Å². The first-order valence-corrected chi connectivity index (χ1v) is 12.8. The third kappa shape index (κ3) is 9.43. The Morgan fingerprint density at radius 1 is 1.07 bits per heavy atom. The van der Waals surface area contributed by atoms with E-state index in [9.17, 15) is 17.2 Å². The molecule has 0 unspecified atom stereocenters. The molecule has 0 aromatic carbocycles. The largest absolute Gasteiger partial charge is 0.477 e. The summed E-state index contributed by atoms with van der Waals surface area (Å²) in [7, 11) is -3.83. The molecule has 1 aromatic heterocycles. The van der Waals surface area contributed by atoms with Crippen LogP contribution in [0.5, 0.6) is 5.88 Å². The average Bonchev–Trinajstić information content (AvgIpc) is 2.67. The monoisotopic (exact) mass is 466 g/mol. The predicted octanol–water partition coefficient (Wildman–Crippen LogP) is 6.10. The second-order valence-corrected chi connectivity index (χ2v) is 10.2. The van der Waals surface area contributed by atoms with Gasteiger partial charge in [-0.25, -0.2) is 27.3 Å². The summed E-state index contributed by atoms with van der Waals surface area (Å²) in [6.45, 7) is 0.474. The zero-order valence-electron chi connectivity index (χ0n) is 17.4. The molecule has 0 atom stereocenters. The summed E-state index contributed by atoms with van der Waals surface area (Å²) in [6, 6.07) is 1.24. The van der Waals surface area contributed by atoms with Crippen LogP contribution >= 0.6 is 11.6 Å². The molecule has 1 aromatic rings. The predicted molar refractivity (Wildman–Crippen MR) is 115 cm³/mol. The van der Waals surface area contributed by atoms with Gasteiger partial charge in [-0.05, 0) is 31.2 Å². The molecule has 0 aliphatic heterocycles. The van der Waals surface area contributed by atoms with E-state index in [0.717, 1.165) is 38.3 Å². The van der Waals surface area contributed by atoms with Gasteiger partial charge in [0.05, 0.1) is 12.8 Å². The zero-order valence-corrected chi connectivity index (χ0v) is 19.0. The Bertz CT molecular complexity index is 753. The first-order chi connectivity index (χ1) is 14.2. The van der Waals surface area contributed by atoms with Crippen molar-refractivity contribution in [1.82, 2.24) is 4.98 Å². The molecular weight excluding hydrogens is 434 g/mol. The molecule has 1 aliphatic carbocycles. The van der Waals surface area contributed by atoms with Gasteiger partial charge in [0, 0.05) is 12.8 Å². The molecule has 9 heteroatoms. The molecule has 0 bridgehead atoms. The van der Waals surface area contributed by atoms with Crippen molar-refractivity contribution in [3.8, 4) is 5.88 Å². The number of halogens is 3. The van der Waals surface area contributed by atoms with Crippen LogP contribution in [0.15, 0.2) is 17.2 Å². The third-order valence-electron chi connectivity index (χ3n) is 5.69. The van der Waals surface area contributed by atoms with Crippen molar-refractivity contribution in [2.24, 2.45) is 11.1 Å². The fourth-order valence-corrected chi connectivity index (χ4v) is 4.59. The van der Waals surface area contributed by atoms with E-state index in [4.69, 9.17) is 21.5 Å². The van der Waals surface area contributed by atoms with E-state index < -0.39 is 15.9 Å². The fraction of sp³-hybridized carbons (Fsp3) is 0.762. The quantitative estimate of drug-likeness (QED) is 0.356. The molecule has 1 heterocycles. The van der Waals surface area contributed by atoms with E-state index in [1.54, 1.807) is 0 Å². The van der Waals surface area contributed by atoms with Crippen LogP contribution in [0.3, 0.4) is 0 Å². The maximum Gasteiger partial charge on any atom is 0.248 e. The molecule has 1 fully saturated rings. The zero-order chi connectivity index (χ0) is 22.0. The van der Waals surface area contributed by atoms with E-state index in [-0.39, 0.29) is 28.6 Å². The molecule has 2 N–H and O–H groups in total. The van der Waals surface area contributed by atoms with Crippen LogP contribution in [-0.2, 0) is 10.0 Å². The number of hydrogen-bond acceptors (Lipinski definition) is 4. The average molecular weight is 467 g/mol. The number of primary sulfonamides is 1.